The lowest BCUT2D eigenvalue weighted by molar-refractivity contribution is 0.445. The van der Waals surface area contributed by atoms with Crippen LogP contribution >= 0.6 is 0 Å². The Bertz CT molecular complexity index is 396. The predicted molar refractivity (Wildman–Crippen MR) is 65.5 cm³/mol. The van der Waals surface area contributed by atoms with Crippen molar-refractivity contribution in [3.8, 4) is 0 Å². The molecule has 2 unspecified atom stereocenters. The van der Waals surface area contributed by atoms with Crippen LogP contribution in [-0.4, -0.2) is 30.7 Å². The van der Waals surface area contributed by atoms with E-state index in [4.69, 9.17) is 0 Å². The molecular formula is C13H18FN3. The highest BCUT2D eigenvalue weighted by molar-refractivity contribution is 5.44. The van der Waals surface area contributed by atoms with Gasteiger partial charge in [-0.2, -0.15) is 0 Å². The maximum atomic E-state index is 13.2. The van der Waals surface area contributed by atoms with Crippen LogP contribution < -0.4 is 10.2 Å². The number of nitrogens with one attached hydrogen (secondary N) is 1. The number of anilines is 1. The Balaban J connectivity index is 1.78. The van der Waals surface area contributed by atoms with Crippen molar-refractivity contribution in [3.05, 3.63) is 24.3 Å². The molecule has 2 atom stereocenters. The van der Waals surface area contributed by atoms with Crippen LogP contribution in [0.2, 0.25) is 0 Å². The van der Waals surface area contributed by atoms with Crippen LogP contribution in [0, 0.1) is 11.7 Å². The molecule has 0 aromatic carbocycles. The fourth-order valence-electron chi connectivity index (χ4n) is 3.06. The maximum Gasteiger partial charge on any atom is 0.143 e. The van der Waals surface area contributed by atoms with Gasteiger partial charge in [0, 0.05) is 25.2 Å². The molecule has 4 heteroatoms. The first kappa shape index (κ1) is 11.0. The van der Waals surface area contributed by atoms with Gasteiger partial charge in [0.2, 0.25) is 0 Å². The van der Waals surface area contributed by atoms with Gasteiger partial charge in [-0.05, 0) is 31.7 Å². The van der Waals surface area contributed by atoms with E-state index in [1.54, 1.807) is 12.3 Å². The number of hydrogen-bond donors (Lipinski definition) is 1. The van der Waals surface area contributed by atoms with Crippen molar-refractivity contribution in [2.24, 2.45) is 5.92 Å². The predicted octanol–water partition coefficient (Wildman–Crippen LogP) is 1.80. The van der Waals surface area contributed by atoms with Gasteiger partial charge in [-0.1, -0.05) is 0 Å². The fourth-order valence-corrected chi connectivity index (χ4v) is 3.06. The van der Waals surface area contributed by atoms with Crippen LogP contribution in [0.15, 0.2) is 18.5 Å². The normalized spacial score (nSPS) is 28.9. The molecule has 1 N–H and O–H groups in total. The molecule has 1 aromatic rings. The van der Waals surface area contributed by atoms with Gasteiger partial charge in [0.05, 0.1) is 18.1 Å². The summed E-state index contributed by atoms with van der Waals surface area (Å²) >= 11 is 0. The second-order valence-corrected chi connectivity index (χ2v) is 5.06. The monoisotopic (exact) mass is 235 g/mol. The van der Waals surface area contributed by atoms with Gasteiger partial charge < -0.3 is 10.2 Å². The van der Waals surface area contributed by atoms with Crippen molar-refractivity contribution in [3.63, 3.8) is 0 Å². The van der Waals surface area contributed by atoms with Gasteiger partial charge in [0.1, 0.15) is 5.82 Å². The number of fused-ring (bicyclic) bond motifs is 1. The van der Waals surface area contributed by atoms with Crippen molar-refractivity contribution in [2.45, 2.75) is 25.3 Å². The van der Waals surface area contributed by atoms with Crippen LogP contribution in [0.1, 0.15) is 19.3 Å². The summed E-state index contributed by atoms with van der Waals surface area (Å²) in [4.78, 5) is 6.20. The average molecular weight is 235 g/mol. The molecule has 0 saturated carbocycles. The molecule has 92 valence electrons. The van der Waals surface area contributed by atoms with E-state index in [1.165, 1.54) is 25.5 Å². The summed E-state index contributed by atoms with van der Waals surface area (Å²) in [6.45, 7) is 3.13. The minimum atomic E-state index is -0.248. The lowest BCUT2D eigenvalue weighted by Gasteiger charge is -2.26. The summed E-state index contributed by atoms with van der Waals surface area (Å²) < 4.78 is 13.2. The molecule has 2 saturated heterocycles. The zero-order chi connectivity index (χ0) is 11.7. The Morgan fingerprint density at radius 3 is 3.18 bits per heavy atom. The smallest absolute Gasteiger partial charge is 0.143 e. The molecule has 2 aliphatic rings. The van der Waals surface area contributed by atoms with E-state index in [-0.39, 0.29) is 5.82 Å². The van der Waals surface area contributed by atoms with Crippen LogP contribution in [0.4, 0.5) is 10.1 Å². The quantitative estimate of drug-likeness (QED) is 0.804. The van der Waals surface area contributed by atoms with E-state index < -0.39 is 0 Å². The molecule has 0 bridgehead atoms. The SMILES string of the molecule is Fc1cncc(N2CCCC3CCNC3C2)c1. The molecule has 2 aliphatic heterocycles. The van der Waals surface area contributed by atoms with Crippen LogP contribution in [0.25, 0.3) is 0 Å². The van der Waals surface area contributed by atoms with Gasteiger partial charge >= 0.3 is 0 Å². The van der Waals surface area contributed by atoms with E-state index in [9.17, 15) is 4.39 Å². The summed E-state index contributed by atoms with van der Waals surface area (Å²) in [7, 11) is 0. The number of rotatable bonds is 1. The molecule has 0 amide bonds. The van der Waals surface area contributed by atoms with E-state index in [2.05, 4.69) is 15.2 Å². The van der Waals surface area contributed by atoms with Crippen molar-refractivity contribution < 1.29 is 4.39 Å². The molecular weight excluding hydrogens is 217 g/mol. The average Bonchev–Trinajstić information content (AvgIpc) is 2.66. The highest BCUT2D eigenvalue weighted by Crippen LogP contribution is 2.27. The number of aromatic nitrogens is 1. The summed E-state index contributed by atoms with van der Waals surface area (Å²) in [5.74, 6) is 0.559. The van der Waals surface area contributed by atoms with Crippen molar-refractivity contribution >= 4 is 5.69 Å². The van der Waals surface area contributed by atoms with Crippen molar-refractivity contribution in [2.75, 3.05) is 24.5 Å². The Morgan fingerprint density at radius 2 is 2.29 bits per heavy atom. The first-order chi connectivity index (χ1) is 8.33. The zero-order valence-electron chi connectivity index (χ0n) is 9.90. The highest BCUT2D eigenvalue weighted by atomic mass is 19.1. The van der Waals surface area contributed by atoms with E-state index in [0.717, 1.165) is 31.2 Å². The Kier molecular flexibility index (Phi) is 2.97. The van der Waals surface area contributed by atoms with E-state index in [1.807, 2.05) is 0 Å². The molecule has 1 aromatic heterocycles. The molecule has 17 heavy (non-hydrogen) atoms. The summed E-state index contributed by atoms with van der Waals surface area (Å²) in [6, 6.07) is 2.16. The second kappa shape index (κ2) is 4.61. The number of pyridine rings is 1. The molecule has 0 aliphatic carbocycles. The minimum Gasteiger partial charge on any atom is -0.369 e. The van der Waals surface area contributed by atoms with Crippen molar-refractivity contribution in [1.29, 1.82) is 0 Å². The fraction of sp³-hybridized carbons (Fsp3) is 0.615. The van der Waals surface area contributed by atoms with Crippen molar-refractivity contribution in [1.82, 2.24) is 10.3 Å². The summed E-state index contributed by atoms with van der Waals surface area (Å²) in [6.07, 6.45) is 6.80. The second-order valence-electron chi connectivity index (χ2n) is 5.06. The minimum absolute atomic E-state index is 0.248. The molecule has 3 rings (SSSR count). The van der Waals surface area contributed by atoms with Gasteiger partial charge in [-0.25, -0.2) is 4.39 Å². The van der Waals surface area contributed by atoms with Crippen LogP contribution in [0.5, 0.6) is 0 Å². The Labute approximate surface area is 101 Å². The molecule has 3 nitrogen and oxygen atoms in total. The van der Waals surface area contributed by atoms with Crippen LogP contribution in [-0.2, 0) is 0 Å². The lowest BCUT2D eigenvalue weighted by atomic mass is 9.97. The maximum absolute atomic E-state index is 13.2. The third-order valence-electron chi connectivity index (χ3n) is 3.97. The lowest BCUT2D eigenvalue weighted by Crippen LogP contribution is -2.38. The Hall–Kier alpha value is -1.16. The third kappa shape index (κ3) is 2.27. The van der Waals surface area contributed by atoms with E-state index >= 15 is 0 Å². The van der Waals surface area contributed by atoms with Gasteiger partial charge in [-0.3, -0.25) is 4.98 Å². The molecule has 2 fully saturated rings. The summed E-state index contributed by atoms with van der Waals surface area (Å²) in [5, 5.41) is 3.56. The highest BCUT2D eigenvalue weighted by Gasteiger charge is 2.30. The topological polar surface area (TPSA) is 28.2 Å². The number of halogens is 1. The zero-order valence-corrected chi connectivity index (χ0v) is 9.90. The van der Waals surface area contributed by atoms with E-state index in [0.29, 0.717) is 6.04 Å². The first-order valence-corrected chi connectivity index (χ1v) is 6.42. The molecule has 3 heterocycles. The third-order valence-corrected chi connectivity index (χ3v) is 3.97. The largest absolute Gasteiger partial charge is 0.369 e. The first-order valence-electron chi connectivity index (χ1n) is 6.42. The number of nitrogens with zero attached hydrogens (tertiary/aromatic N) is 2. The Morgan fingerprint density at radius 1 is 1.35 bits per heavy atom. The summed E-state index contributed by atoms with van der Waals surface area (Å²) in [5.41, 5.74) is 0.916. The number of hydrogen-bond acceptors (Lipinski definition) is 3. The van der Waals surface area contributed by atoms with Crippen LogP contribution in [0.3, 0.4) is 0 Å². The molecule has 0 radical (unpaired) electrons. The van der Waals surface area contributed by atoms with Gasteiger partial charge in [0.25, 0.3) is 0 Å². The van der Waals surface area contributed by atoms with Gasteiger partial charge in [-0.15, -0.1) is 0 Å². The van der Waals surface area contributed by atoms with Gasteiger partial charge in [0.15, 0.2) is 0 Å². The molecule has 0 spiro atoms. The standard InChI is InChI=1S/C13H18FN3/c14-11-6-12(8-15-7-11)17-5-1-2-10-3-4-16-13(10)9-17/h6-8,10,13,16H,1-5,9H2.